The molecule has 0 aliphatic carbocycles. The van der Waals surface area contributed by atoms with E-state index in [0.717, 1.165) is 17.1 Å². The van der Waals surface area contributed by atoms with Crippen molar-refractivity contribution in [2.45, 2.75) is 24.5 Å². The monoisotopic (exact) mass is 528 g/mol. The Balaban J connectivity index is 1.69. The van der Waals surface area contributed by atoms with E-state index < -0.39 is 42.7 Å². The first-order valence-corrected chi connectivity index (χ1v) is 10.6. The number of amidine groups is 1. The zero-order valence-corrected chi connectivity index (χ0v) is 19.0. The van der Waals surface area contributed by atoms with E-state index in [1.807, 2.05) is 0 Å². The number of hydrogen-bond donors (Lipinski definition) is 3. The fourth-order valence-electron chi connectivity index (χ4n) is 3.23. The minimum absolute atomic E-state index is 0.0625. The highest BCUT2D eigenvalue weighted by molar-refractivity contribution is 5.93. The van der Waals surface area contributed by atoms with Crippen LogP contribution in [-0.4, -0.2) is 56.2 Å². The van der Waals surface area contributed by atoms with E-state index in [1.165, 1.54) is 53.8 Å². The molecule has 0 saturated heterocycles. The molecule has 1 aromatic heterocycles. The van der Waals surface area contributed by atoms with Gasteiger partial charge in [0.15, 0.2) is 6.61 Å². The van der Waals surface area contributed by atoms with Crippen molar-refractivity contribution in [2.75, 3.05) is 13.2 Å². The molecule has 1 unspecified atom stereocenters. The number of aliphatic hydroxyl groups is 1. The van der Waals surface area contributed by atoms with Crippen LogP contribution in [0, 0.1) is 17.0 Å². The molecule has 0 saturated carbocycles. The fourth-order valence-corrected chi connectivity index (χ4v) is 3.23. The van der Waals surface area contributed by atoms with Crippen LogP contribution in [0.5, 0.6) is 5.75 Å². The Labute approximate surface area is 207 Å². The number of rotatable bonds is 11. The molecule has 3 rings (SSSR count). The Hall–Kier alpha value is -3.91. The Morgan fingerprint density at radius 1 is 1.19 bits per heavy atom. The number of hydrogen-bond acceptors (Lipinski definition) is 6. The lowest BCUT2D eigenvalue weighted by Crippen LogP contribution is -2.49. The van der Waals surface area contributed by atoms with Gasteiger partial charge >= 0.3 is 12.3 Å². The molecule has 37 heavy (non-hydrogen) atoms. The summed E-state index contributed by atoms with van der Waals surface area (Å²) in [6.45, 7) is -2.30. The van der Waals surface area contributed by atoms with Crippen LogP contribution < -0.4 is 10.6 Å². The molecule has 2 aromatic carbocycles. The SMILES string of the molecule is N=C(/C=C/c1ccc(OCC(F)(F)C(F)F)cc1)N(N)CC(O)(Cn1cncn1)c1ccc(F)cc1F. The highest BCUT2D eigenvalue weighted by Crippen LogP contribution is 2.28. The molecule has 0 bridgehead atoms. The number of halogens is 6. The third-order valence-electron chi connectivity index (χ3n) is 5.13. The number of alkyl halides is 4. The largest absolute Gasteiger partial charge is 0.487 e. The summed E-state index contributed by atoms with van der Waals surface area (Å²) in [6.07, 6.45) is 1.30. The van der Waals surface area contributed by atoms with Crippen molar-refractivity contribution in [1.29, 1.82) is 5.41 Å². The van der Waals surface area contributed by atoms with Crippen molar-refractivity contribution < 1.29 is 36.2 Å². The first-order chi connectivity index (χ1) is 17.4. The molecule has 0 spiro atoms. The van der Waals surface area contributed by atoms with Crippen molar-refractivity contribution in [1.82, 2.24) is 19.8 Å². The summed E-state index contributed by atoms with van der Waals surface area (Å²) in [5.41, 5.74) is -1.84. The van der Waals surface area contributed by atoms with Gasteiger partial charge in [0.25, 0.3) is 0 Å². The average Bonchev–Trinajstić information content (AvgIpc) is 3.34. The van der Waals surface area contributed by atoms with Crippen LogP contribution in [-0.2, 0) is 12.1 Å². The average molecular weight is 528 g/mol. The van der Waals surface area contributed by atoms with Gasteiger partial charge in [-0.15, -0.1) is 0 Å². The number of hydrazine groups is 1. The lowest BCUT2D eigenvalue weighted by atomic mass is 9.92. The first-order valence-electron chi connectivity index (χ1n) is 10.6. The Morgan fingerprint density at radius 3 is 2.49 bits per heavy atom. The van der Waals surface area contributed by atoms with Crippen LogP contribution >= 0.6 is 0 Å². The molecular weight excluding hydrogens is 506 g/mol. The van der Waals surface area contributed by atoms with Gasteiger partial charge in [0.1, 0.15) is 41.5 Å². The van der Waals surface area contributed by atoms with Crippen molar-refractivity contribution >= 4 is 11.9 Å². The summed E-state index contributed by atoms with van der Waals surface area (Å²) in [5, 5.41) is 24.2. The van der Waals surface area contributed by atoms with Crippen molar-refractivity contribution in [3.63, 3.8) is 0 Å². The van der Waals surface area contributed by atoms with Crippen LogP contribution in [0.4, 0.5) is 26.3 Å². The zero-order valence-electron chi connectivity index (χ0n) is 19.0. The van der Waals surface area contributed by atoms with Crippen LogP contribution in [0.15, 0.2) is 61.2 Å². The normalized spacial score (nSPS) is 13.6. The quantitative estimate of drug-likeness (QED) is 0.115. The lowest BCUT2D eigenvalue weighted by molar-refractivity contribution is -0.148. The summed E-state index contributed by atoms with van der Waals surface area (Å²) in [5.74, 6) is -0.577. The second-order valence-corrected chi connectivity index (χ2v) is 8.01. The van der Waals surface area contributed by atoms with Gasteiger partial charge in [-0.1, -0.05) is 24.3 Å². The van der Waals surface area contributed by atoms with Crippen LogP contribution in [0.3, 0.4) is 0 Å². The molecule has 0 amide bonds. The maximum Gasteiger partial charge on any atom is 0.340 e. The smallest absolute Gasteiger partial charge is 0.340 e. The molecule has 8 nitrogen and oxygen atoms in total. The fraction of sp³-hybridized carbons (Fsp3) is 0.261. The van der Waals surface area contributed by atoms with E-state index in [2.05, 4.69) is 14.8 Å². The van der Waals surface area contributed by atoms with Crippen molar-refractivity contribution in [3.05, 3.63) is 84.0 Å². The highest BCUT2D eigenvalue weighted by atomic mass is 19.3. The summed E-state index contributed by atoms with van der Waals surface area (Å²) >= 11 is 0. The Morgan fingerprint density at radius 2 is 1.89 bits per heavy atom. The molecule has 14 heteroatoms. The number of benzene rings is 2. The van der Waals surface area contributed by atoms with Gasteiger partial charge in [-0.2, -0.15) is 13.9 Å². The third-order valence-corrected chi connectivity index (χ3v) is 5.13. The van der Waals surface area contributed by atoms with E-state index in [1.54, 1.807) is 0 Å². The zero-order chi connectivity index (χ0) is 27.2. The second kappa shape index (κ2) is 11.4. The van der Waals surface area contributed by atoms with Gasteiger partial charge in [-0.05, 0) is 29.8 Å². The molecule has 0 radical (unpaired) electrons. The molecule has 1 atom stereocenters. The standard InChI is InChI=1S/C23H22F6N6O2/c24-16-4-7-18(19(25)9-16)22(36,10-34-14-32-13-33-34)11-35(31)20(30)8-3-15-1-5-17(6-2-15)37-12-23(28,29)21(26)27/h1-9,13-14,21,30,36H,10-12,31H2/b8-3+,30-20?. The highest BCUT2D eigenvalue weighted by Gasteiger charge is 2.41. The van der Waals surface area contributed by atoms with E-state index in [0.29, 0.717) is 11.6 Å². The maximum atomic E-state index is 14.5. The number of nitrogens with two attached hydrogens (primary N) is 1. The maximum absolute atomic E-state index is 14.5. The number of nitrogens with zero attached hydrogens (tertiary/aromatic N) is 4. The van der Waals surface area contributed by atoms with Gasteiger partial charge in [-0.25, -0.2) is 33.1 Å². The van der Waals surface area contributed by atoms with Crippen molar-refractivity contribution in [3.8, 4) is 5.75 Å². The van der Waals surface area contributed by atoms with Gasteiger partial charge in [0.05, 0.1) is 13.1 Å². The minimum Gasteiger partial charge on any atom is -0.487 e. The predicted molar refractivity (Wildman–Crippen MR) is 121 cm³/mol. The van der Waals surface area contributed by atoms with Crippen LogP contribution in [0.25, 0.3) is 6.08 Å². The van der Waals surface area contributed by atoms with Gasteiger partial charge in [0, 0.05) is 11.6 Å². The van der Waals surface area contributed by atoms with Crippen LogP contribution in [0.2, 0.25) is 0 Å². The van der Waals surface area contributed by atoms with Gasteiger partial charge in [0.2, 0.25) is 0 Å². The summed E-state index contributed by atoms with van der Waals surface area (Å²) in [7, 11) is 0. The van der Waals surface area contributed by atoms with Gasteiger partial charge < -0.3 is 9.84 Å². The van der Waals surface area contributed by atoms with Crippen LogP contribution in [0.1, 0.15) is 11.1 Å². The van der Waals surface area contributed by atoms with E-state index >= 15 is 0 Å². The number of ether oxygens (including phenoxy) is 1. The molecule has 198 valence electrons. The third kappa shape index (κ3) is 7.30. The summed E-state index contributed by atoms with van der Waals surface area (Å²) in [6, 6.07) is 8.05. The molecule has 0 aliphatic rings. The Kier molecular flexibility index (Phi) is 8.55. The number of aromatic nitrogens is 3. The van der Waals surface area contributed by atoms with E-state index in [4.69, 9.17) is 11.3 Å². The molecule has 0 fully saturated rings. The lowest BCUT2D eigenvalue weighted by Gasteiger charge is -2.33. The number of nitrogens with one attached hydrogen (secondary N) is 1. The molecular formula is C23H22F6N6O2. The second-order valence-electron chi connectivity index (χ2n) is 8.01. The Bertz CT molecular complexity index is 1220. The molecule has 1 heterocycles. The summed E-state index contributed by atoms with van der Waals surface area (Å²) in [4.78, 5) is 3.76. The van der Waals surface area contributed by atoms with E-state index in [9.17, 15) is 31.4 Å². The molecule has 0 aliphatic heterocycles. The van der Waals surface area contributed by atoms with Gasteiger partial charge in [-0.3, -0.25) is 10.4 Å². The van der Waals surface area contributed by atoms with Crippen molar-refractivity contribution in [2.24, 2.45) is 5.84 Å². The summed E-state index contributed by atoms with van der Waals surface area (Å²) < 4.78 is 84.3. The molecule has 3 aromatic rings. The topological polar surface area (TPSA) is 113 Å². The predicted octanol–water partition coefficient (Wildman–Crippen LogP) is 3.59. The molecule has 4 N–H and O–H groups in total. The first kappa shape index (κ1) is 27.7. The van der Waals surface area contributed by atoms with E-state index in [-0.39, 0.29) is 23.7 Å². The minimum atomic E-state index is -4.29.